The third-order valence-electron chi connectivity index (χ3n) is 3.77. The largest absolute Gasteiger partial charge is 0.278 e. The molecule has 1 aromatic carbocycles. The van der Waals surface area contributed by atoms with Crippen molar-refractivity contribution in [1.82, 2.24) is 4.98 Å². The zero-order chi connectivity index (χ0) is 14.2. The zero-order valence-corrected chi connectivity index (χ0v) is 12.4. The molecule has 2 aromatic rings. The Morgan fingerprint density at radius 3 is 2.60 bits per heavy atom. The first-order chi connectivity index (χ1) is 9.59. The number of nitrogens with zero attached hydrogens (tertiary/aromatic N) is 2. The van der Waals surface area contributed by atoms with Crippen LogP contribution in [0.25, 0.3) is 0 Å². The van der Waals surface area contributed by atoms with Crippen molar-refractivity contribution in [1.29, 1.82) is 0 Å². The Balaban J connectivity index is 2.11. The van der Waals surface area contributed by atoms with E-state index in [4.69, 9.17) is 4.99 Å². The molecule has 0 spiro atoms. The molecule has 102 valence electrons. The molecule has 1 aromatic heterocycles. The summed E-state index contributed by atoms with van der Waals surface area (Å²) in [5.41, 5.74) is 5.89. The summed E-state index contributed by atoms with van der Waals surface area (Å²) in [4.78, 5) is 9.47. The summed E-state index contributed by atoms with van der Waals surface area (Å²) in [5, 5.41) is 0. The van der Waals surface area contributed by atoms with E-state index in [2.05, 4.69) is 62.2 Å². The first kappa shape index (κ1) is 13.0. The molecular weight excluding hydrogens is 244 g/mol. The molecule has 2 nitrogen and oxygen atoms in total. The monoisotopic (exact) mass is 264 g/mol. The second-order valence-corrected chi connectivity index (χ2v) is 6.00. The van der Waals surface area contributed by atoms with Crippen LogP contribution < -0.4 is 0 Å². The van der Waals surface area contributed by atoms with Gasteiger partial charge in [0.1, 0.15) is 0 Å². The van der Waals surface area contributed by atoms with Gasteiger partial charge in [0.05, 0.1) is 11.3 Å². The molecule has 0 atom stereocenters. The summed E-state index contributed by atoms with van der Waals surface area (Å²) in [6.45, 7) is 6.51. The van der Waals surface area contributed by atoms with Crippen molar-refractivity contribution in [2.75, 3.05) is 0 Å². The van der Waals surface area contributed by atoms with Crippen LogP contribution in [0.1, 0.15) is 43.2 Å². The second kappa shape index (κ2) is 4.86. The van der Waals surface area contributed by atoms with Gasteiger partial charge in [-0.25, -0.2) is 0 Å². The van der Waals surface area contributed by atoms with E-state index in [0.717, 1.165) is 29.8 Å². The average Bonchev–Trinajstić information content (AvgIpc) is 2.45. The Hall–Kier alpha value is -1.96. The fourth-order valence-electron chi connectivity index (χ4n) is 2.77. The third kappa shape index (κ3) is 2.38. The lowest BCUT2D eigenvalue weighted by molar-refractivity contribution is 0.513. The molecule has 0 saturated heterocycles. The molecular formula is C18H20N2. The van der Waals surface area contributed by atoms with E-state index in [1.807, 2.05) is 6.20 Å². The van der Waals surface area contributed by atoms with Crippen LogP contribution in [0.15, 0.2) is 47.6 Å². The highest BCUT2D eigenvalue weighted by atomic mass is 14.9. The Bertz CT molecular complexity index is 651. The molecule has 2 heterocycles. The van der Waals surface area contributed by atoms with Crippen LogP contribution in [0.5, 0.6) is 0 Å². The molecule has 0 fully saturated rings. The van der Waals surface area contributed by atoms with Crippen molar-refractivity contribution in [2.24, 2.45) is 4.99 Å². The Morgan fingerprint density at radius 2 is 1.90 bits per heavy atom. The van der Waals surface area contributed by atoms with E-state index >= 15 is 0 Å². The molecule has 0 saturated carbocycles. The van der Waals surface area contributed by atoms with Crippen molar-refractivity contribution >= 4 is 5.71 Å². The van der Waals surface area contributed by atoms with Gasteiger partial charge >= 0.3 is 0 Å². The van der Waals surface area contributed by atoms with Gasteiger partial charge in [0.25, 0.3) is 0 Å². The second-order valence-electron chi connectivity index (χ2n) is 6.00. The SMILES string of the molecule is CCc1ccc(C2=NC(C)(C)Cc3ccccc32)cn1. The highest BCUT2D eigenvalue weighted by Crippen LogP contribution is 2.29. The Labute approximate surface area is 120 Å². The number of pyridine rings is 1. The normalized spacial score (nSPS) is 16.4. The molecule has 0 aliphatic carbocycles. The summed E-state index contributed by atoms with van der Waals surface area (Å²) in [7, 11) is 0. The lowest BCUT2D eigenvalue weighted by Gasteiger charge is -2.29. The van der Waals surface area contributed by atoms with Crippen molar-refractivity contribution in [3.63, 3.8) is 0 Å². The summed E-state index contributed by atoms with van der Waals surface area (Å²) in [6, 6.07) is 12.8. The Morgan fingerprint density at radius 1 is 1.10 bits per heavy atom. The van der Waals surface area contributed by atoms with E-state index in [0.29, 0.717) is 0 Å². The van der Waals surface area contributed by atoms with Gasteiger partial charge in [0.15, 0.2) is 0 Å². The van der Waals surface area contributed by atoms with Crippen LogP contribution in [0, 0.1) is 0 Å². The van der Waals surface area contributed by atoms with E-state index < -0.39 is 0 Å². The molecule has 0 N–H and O–H groups in total. The van der Waals surface area contributed by atoms with Crippen molar-refractivity contribution < 1.29 is 0 Å². The van der Waals surface area contributed by atoms with Crippen LogP contribution in [-0.4, -0.2) is 16.2 Å². The fraction of sp³-hybridized carbons (Fsp3) is 0.333. The van der Waals surface area contributed by atoms with E-state index in [-0.39, 0.29) is 5.54 Å². The maximum atomic E-state index is 4.96. The maximum absolute atomic E-state index is 4.96. The predicted octanol–water partition coefficient (Wildman–Crippen LogP) is 3.82. The molecule has 20 heavy (non-hydrogen) atoms. The first-order valence-electron chi connectivity index (χ1n) is 7.22. The van der Waals surface area contributed by atoms with Crippen LogP contribution in [0.2, 0.25) is 0 Å². The number of rotatable bonds is 2. The number of fused-ring (bicyclic) bond motifs is 1. The standard InChI is InChI=1S/C18H20N2/c1-4-15-10-9-14(12-19-15)17-16-8-6-5-7-13(16)11-18(2,3)20-17/h5-10,12H,4,11H2,1-3H3. The molecule has 0 unspecified atom stereocenters. The first-order valence-corrected chi connectivity index (χ1v) is 7.22. The van der Waals surface area contributed by atoms with Crippen LogP contribution >= 0.6 is 0 Å². The lowest BCUT2D eigenvalue weighted by Crippen LogP contribution is -2.29. The molecule has 2 heteroatoms. The average molecular weight is 264 g/mol. The van der Waals surface area contributed by atoms with E-state index in [1.165, 1.54) is 11.1 Å². The number of hydrogen-bond acceptors (Lipinski definition) is 2. The molecule has 0 bridgehead atoms. The minimum atomic E-state index is -0.0485. The van der Waals surface area contributed by atoms with Crippen LogP contribution in [0.3, 0.4) is 0 Å². The fourth-order valence-corrected chi connectivity index (χ4v) is 2.77. The number of aliphatic imine (C=N–C) groups is 1. The number of aryl methyl sites for hydroxylation is 1. The molecule has 0 radical (unpaired) electrons. The summed E-state index contributed by atoms with van der Waals surface area (Å²) in [5.74, 6) is 0. The number of hydrogen-bond donors (Lipinski definition) is 0. The van der Waals surface area contributed by atoms with E-state index in [9.17, 15) is 0 Å². The molecule has 1 aliphatic rings. The quantitative estimate of drug-likeness (QED) is 0.809. The molecule has 0 amide bonds. The smallest absolute Gasteiger partial charge is 0.0743 e. The van der Waals surface area contributed by atoms with Gasteiger partial charge < -0.3 is 0 Å². The summed E-state index contributed by atoms with van der Waals surface area (Å²) in [6.07, 6.45) is 3.91. The van der Waals surface area contributed by atoms with Crippen molar-refractivity contribution in [3.8, 4) is 0 Å². The van der Waals surface area contributed by atoms with Gasteiger partial charge in [0, 0.05) is 23.0 Å². The third-order valence-corrected chi connectivity index (χ3v) is 3.77. The van der Waals surface area contributed by atoms with Gasteiger partial charge in [-0.3, -0.25) is 9.98 Å². The van der Waals surface area contributed by atoms with Gasteiger partial charge in [-0.1, -0.05) is 31.2 Å². The van der Waals surface area contributed by atoms with Gasteiger partial charge in [0.2, 0.25) is 0 Å². The minimum absolute atomic E-state index is 0.0485. The van der Waals surface area contributed by atoms with Gasteiger partial charge in [-0.15, -0.1) is 0 Å². The van der Waals surface area contributed by atoms with Crippen LogP contribution in [-0.2, 0) is 12.8 Å². The molecule has 3 rings (SSSR count). The van der Waals surface area contributed by atoms with Crippen molar-refractivity contribution in [3.05, 3.63) is 65.0 Å². The van der Waals surface area contributed by atoms with Gasteiger partial charge in [-0.2, -0.15) is 0 Å². The number of aromatic nitrogens is 1. The highest BCUT2D eigenvalue weighted by Gasteiger charge is 2.27. The maximum Gasteiger partial charge on any atom is 0.0743 e. The Kier molecular flexibility index (Phi) is 3.17. The number of benzene rings is 1. The highest BCUT2D eigenvalue weighted by molar-refractivity contribution is 6.14. The summed E-state index contributed by atoms with van der Waals surface area (Å²) >= 11 is 0. The minimum Gasteiger partial charge on any atom is -0.278 e. The summed E-state index contributed by atoms with van der Waals surface area (Å²) < 4.78 is 0. The van der Waals surface area contributed by atoms with E-state index in [1.54, 1.807) is 0 Å². The topological polar surface area (TPSA) is 25.2 Å². The van der Waals surface area contributed by atoms with Crippen LogP contribution in [0.4, 0.5) is 0 Å². The van der Waals surface area contributed by atoms with Gasteiger partial charge in [-0.05, 0) is 44.4 Å². The predicted molar refractivity (Wildman–Crippen MR) is 83.5 cm³/mol. The zero-order valence-electron chi connectivity index (χ0n) is 12.4. The molecule has 1 aliphatic heterocycles. The lowest BCUT2D eigenvalue weighted by atomic mass is 9.85. The van der Waals surface area contributed by atoms with Crippen molar-refractivity contribution in [2.45, 2.75) is 39.2 Å².